The number of likely N-dealkylation sites (N-methyl/N-ethyl adjacent to an activating group) is 1. The van der Waals surface area contributed by atoms with E-state index >= 15 is 0 Å². The molecule has 0 unspecified atom stereocenters. The molecule has 0 radical (unpaired) electrons. The number of carbonyl (C=O) groups excluding carboxylic acids is 1. The molecule has 4 aromatic heterocycles. The van der Waals surface area contributed by atoms with E-state index in [9.17, 15) is 4.79 Å². The van der Waals surface area contributed by atoms with Crippen molar-refractivity contribution in [1.82, 2.24) is 33.9 Å². The first-order valence-electron chi connectivity index (χ1n) is 14.9. The molecule has 1 saturated carbocycles. The van der Waals surface area contributed by atoms with Crippen LogP contribution >= 0.6 is 11.6 Å². The molecule has 10 nitrogen and oxygen atoms in total. The van der Waals surface area contributed by atoms with E-state index in [4.69, 9.17) is 21.3 Å². The molecule has 1 amide bonds. The molecule has 5 heterocycles. The molecule has 0 bridgehead atoms. The van der Waals surface area contributed by atoms with Gasteiger partial charge in [0.2, 0.25) is 0 Å². The Labute approximate surface area is 255 Å². The lowest BCUT2D eigenvalue weighted by Gasteiger charge is -2.37. The zero-order chi connectivity index (χ0) is 29.5. The molecule has 2 aliphatic rings. The number of nitrogens with one attached hydrogen (secondary N) is 1. The van der Waals surface area contributed by atoms with Gasteiger partial charge in [-0.25, -0.2) is 4.98 Å². The number of nitrogens with zero attached hydrogens (tertiary/aromatic N) is 7. The summed E-state index contributed by atoms with van der Waals surface area (Å²) in [7, 11) is 2.17. The predicted molar refractivity (Wildman–Crippen MR) is 167 cm³/mol. The number of imidazole rings is 1. The predicted octanol–water partition coefficient (Wildman–Crippen LogP) is 4.93. The fourth-order valence-corrected chi connectivity index (χ4v) is 6.07. The number of piperazine rings is 1. The van der Waals surface area contributed by atoms with Gasteiger partial charge in [0.05, 0.1) is 35.0 Å². The minimum Gasteiger partial charge on any atom is -0.492 e. The zero-order valence-corrected chi connectivity index (χ0v) is 25.2. The minimum atomic E-state index is -0.291. The maximum Gasteiger partial charge on any atom is 0.274 e. The number of rotatable bonds is 9. The number of amides is 1. The van der Waals surface area contributed by atoms with Crippen molar-refractivity contribution >= 4 is 39.7 Å². The van der Waals surface area contributed by atoms with Crippen molar-refractivity contribution < 1.29 is 9.53 Å². The SMILES string of the molecule is C[C@H]1CN(CCOc2ccn3c(C(=O)Nc4cccc5c4c(Cl)nn5Cc4cccc(C5CC5)n4)cnc3c2)CCN1C. The van der Waals surface area contributed by atoms with E-state index in [-0.39, 0.29) is 5.91 Å². The van der Waals surface area contributed by atoms with Gasteiger partial charge in [-0.3, -0.25) is 23.8 Å². The molecule has 1 aromatic carbocycles. The maximum absolute atomic E-state index is 13.4. The highest BCUT2D eigenvalue weighted by atomic mass is 35.5. The Morgan fingerprint density at radius 2 is 2.00 bits per heavy atom. The minimum absolute atomic E-state index is 0.291. The van der Waals surface area contributed by atoms with E-state index in [1.807, 2.05) is 47.3 Å². The average Bonchev–Trinajstić information content (AvgIpc) is 3.70. The lowest BCUT2D eigenvalue weighted by atomic mass is 10.2. The molecular weight excluding hydrogens is 564 g/mol. The van der Waals surface area contributed by atoms with Crippen LogP contribution in [-0.2, 0) is 6.54 Å². The molecule has 11 heteroatoms. The fraction of sp³-hybridized carbons (Fsp3) is 0.375. The van der Waals surface area contributed by atoms with E-state index in [1.54, 1.807) is 10.6 Å². The topological polar surface area (TPSA) is 92.8 Å². The van der Waals surface area contributed by atoms with Gasteiger partial charge in [-0.05, 0) is 57.1 Å². The fourth-order valence-electron chi connectivity index (χ4n) is 5.78. The monoisotopic (exact) mass is 598 g/mol. The number of carbonyl (C=O) groups is 1. The summed E-state index contributed by atoms with van der Waals surface area (Å²) >= 11 is 6.63. The first-order chi connectivity index (χ1) is 20.9. The number of halogens is 1. The molecule has 43 heavy (non-hydrogen) atoms. The molecule has 2 fully saturated rings. The highest BCUT2D eigenvalue weighted by molar-refractivity contribution is 6.35. The molecule has 1 aliphatic carbocycles. The van der Waals surface area contributed by atoms with Crippen LogP contribution in [0.5, 0.6) is 5.75 Å². The van der Waals surface area contributed by atoms with Gasteiger partial charge in [0.1, 0.15) is 23.7 Å². The summed E-state index contributed by atoms with van der Waals surface area (Å²) < 4.78 is 9.63. The van der Waals surface area contributed by atoms with E-state index in [1.165, 1.54) is 12.8 Å². The van der Waals surface area contributed by atoms with E-state index in [0.29, 0.717) is 52.7 Å². The number of hydrogen-bond donors (Lipinski definition) is 1. The average molecular weight is 599 g/mol. The second kappa shape index (κ2) is 11.6. The van der Waals surface area contributed by atoms with Crippen molar-refractivity contribution in [2.24, 2.45) is 0 Å². The van der Waals surface area contributed by atoms with Crippen molar-refractivity contribution in [2.75, 3.05) is 45.2 Å². The van der Waals surface area contributed by atoms with Gasteiger partial charge in [-0.1, -0.05) is 23.7 Å². The van der Waals surface area contributed by atoms with E-state index < -0.39 is 0 Å². The van der Waals surface area contributed by atoms with Gasteiger partial charge >= 0.3 is 0 Å². The number of benzene rings is 1. The molecule has 7 rings (SSSR count). The summed E-state index contributed by atoms with van der Waals surface area (Å²) in [5.74, 6) is 1.02. The molecule has 1 N–H and O–H groups in total. The van der Waals surface area contributed by atoms with Crippen LogP contribution in [0.15, 0.2) is 60.9 Å². The van der Waals surface area contributed by atoms with Crippen molar-refractivity contribution in [3.05, 3.63) is 83.2 Å². The zero-order valence-electron chi connectivity index (χ0n) is 24.4. The number of pyridine rings is 2. The van der Waals surface area contributed by atoms with Crippen molar-refractivity contribution in [2.45, 2.75) is 38.3 Å². The van der Waals surface area contributed by atoms with Crippen molar-refractivity contribution in [3.63, 3.8) is 0 Å². The summed E-state index contributed by atoms with van der Waals surface area (Å²) in [4.78, 5) is 27.6. The Morgan fingerprint density at radius 3 is 2.84 bits per heavy atom. The van der Waals surface area contributed by atoms with Gasteiger partial charge in [-0.15, -0.1) is 0 Å². The molecule has 1 aliphatic heterocycles. The summed E-state index contributed by atoms with van der Waals surface area (Å²) in [6, 6.07) is 16.1. The third-order valence-corrected chi connectivity index (χ3v) is 8.82. The van der Waals surface area contributed by atoms with Crippen LogP contribution in [0.4, 0.5) is 5.69 Å². The maximum atomic E-state index is 13.4. The second-order valence-electron chi connectivity index (χ2n) is 11.6. The Morgan fingerprint density at radius 1 is 1.14 bits per heavy atom. The molecule has 1 saturated heterocycles. The lowest BCUT2D eigenvalue weighted by Crippen LogP contribution is -2.50. The summed E-state index contributed by atoms with van der Waals surface area (Å²) in [5.41, 5.74) is 4.54. The van der Waals surface area contributed by atoms with E-state index in [0.717, 1.165) is 48.8 Å². The Balaban J connectivity index is 1.04. The first-order valence-corrected chi connectivity index (χ1v) is 15.3. The van der Waals surface area contributed by atoms with Crippen LogP contribution in [0, 0.1) is 0 Å². The van der Waals surface area contributed by atoms with Gasteiger partial charge in [-0.2, -0.15) is 5.10 Å². The van der Waals surface area contributed by atoms with Gasteiger partial charge in [0.15, 0.2) is 5.15 Å². The van der Waals surface area contributed by atoms with Crippen molar-refractivity contribution in [1.29, 1.82) is 0 Å². The van der Waals surface area contributed by atoms with Crippen LogP contribution in [0.3, 0.4) is 0 Å². The highest BCUT2D eigenvalue weighted by Crippen LogP contribution is 2.39. The number of aromatic nitrogens is 5. The largest absolute Gasteiger partial charge is 0.492 e. The summed E-state index contributed by atoms with van der Waals surface area (Å²) in [6.45, 7) is 7.38. The Kier molecular flexibility index (Phi) is 7.50. The molecule has 0 spiro atoms. The third kappa shape index (κ3) is 5.82. The van der Waals surface area contributed by atoms with E-state index in [2.05, 4.69) is 51.3 Å². The summed E-state index contributed by atoms with van der Waals surface area (Å²) in [5, 5.41) is 8.63. The van der Waals surface area contributed by atoms with Crippen LogP contribution in [-0.4, -0.2) is 85.7 Å². The summed E-state index contributed by atoms with van der Waals surface area (Å²) in [6.07, 6.45) is 5.80. The molecule has 1 atom stereocenters. The molecule has 5 aromatic rings. The highest BCUT2D eigenvalue weighted by Gasteiger charge is 2.25. The molecular formula is C32H35ClN8O2. The van der Waals surface area contributed by atoms with Crippen LogP contribution in [0.1, 0.15) is 47.6 Å². The lowest BCUT2D eigenvalue weighted by molar-refractivity contribution is 0.0928. The van der Waals surface area contributed by atoms with Gasteiger partial charge in [0.25, 0.3) is 5.91 Å². The van der Waals surface area contributed by atoms with Crippen LogP contribution < -0.4 is 10.1 Å². The number of fused-ring (bicyclic) bond motifs is 2. The smallest absolute Gasteiger partial charge is 0.274 e. The number of anilines is 1. The Bertz CT molecular complexity index is 1800. The Hall–Kier alpha value is -3.99. The molecule has 222 valence electrons. The van der Waals surface area contributed by atoms with Gasteiger partial charge in [0, 0.05) is 56.1 Å². The van der Waals surface area contributed by atoms with Crippen LogP contribution in [0.2, 0.25) is 5.15 Å². The first kappa shape index (κ1) is 27.8. The number of hydrogen-bond acceptors (Lipinski definition) is 7. The van der Waals surface area contributed by atoms with Crippen molar-refractivity contribution in [3.8, 4) is 5.75 Å². The van der Waals surface area contributed by atoms with Gasteiger partial charge < -0.3 is 15.0 Å². The quantitative estimate of drug-likeness (QED) is 0.257. The normalized spacial score (nSPS) is 18.0. The van der Waals surface area contributed by atoms with Crippen LogP contribution in [0.25, 0.3) is 16.6 Å². The second-order valence-corrected chi connectivity index (χ2v) is 12.0. The third-order valence-electron chi connectivity index (χ3n) is 8.56. The standard InChI is InChI=1S/C32H35ClN8O2/c1-21-19-39(14-13-38(21)2)15-16-43-24-11-12-40-28(18-34-29(40)17-24)32(42)36-26-7-4-8-27-30(26)31(33)37-41(27)20-23-5-3-6-25(35-23)22-9-10-22/h3-8,11-12,17-18,21-22H,9-10,13-16,19-20H2,1-2H3,(H,36,42)/t21-/m0/s1. The number of ether oxygens (including phenoxy) is 1.